The summed E-state index contributed by atoms with van der Waals surface area (Å²) in [5, 5.41) is 2.74. The predicted molar refractivity (Wildman–Crippen MR) is 80.8 cm³/mol. The lowest BCUT2D eigenvalue weighted by atomic mass is 10.2. The monoisotopic (exact) mass is 304 g/mol. The Morgan fingerprint density at radius 3 is 2.86 bits per heavy atom. The van der Waals surface area contributed by atoms with Crippen molar-refractivity contribution < 1.29 is 14.3 Å². The van der Waals surface area contributed by atoms with Crippen molar-refractivity contribution in [3.05, 3.63) is 36.1 Å². The lowest BCUT2D eigenvalue weighted by molar-refractivity contribution is -0.154. The molecule has 0 saturated carbocycles. The molecule has 0 aromatic heterocycles. The summed E-state index contributed by atoms with van der Waals surface area (Å²) >= 11 is 1.69. The minimum absolute atomic E-state index is 0.0225. The zero-order valence-electron chi connectivity index (χ0n) is 11.7. The molecule has 0 spiro atoms. The van der Waals surface area contributed by atoms with Gasteiger partial charge in [0.25, 0.3) is 0 Å². The Labute approximate surface area is 127 Å². The van der Waals surface area contributed by atoms with Crippen LogP contribution < -0.4 is 5.32 Å². The smallest absolute Gasteiger partial charge is 0.231 e. The molecule has 6 heteroatoms. The number of hydrogen-bond acceptors (Lipinski definition) is 4. The molecule has 0 unspecified atom stereocenters. The topological polar surface area (TPSA) is 58.6 Å². The quantitative estimate of drug-likeness (QED) is 0.684. The van der Waals surface area contributed by atoms with Crippen LogP contribution in [0.25, 0.3) is 0 Å². The zero-order valence-corrected chi connectivity index (χ0v) is 12.5. The van der Waals surface area contributed by atoms with Gasteiger partial charge in [-0.3, -0.25) is 14.5 Å². The van der Waals surface area contributed by atoms with Crippen molar-refractivity contribution in [2.75, 3.05) is 17.6 Å². The van der Waals surface area contributed by atoms with E-state index in [4.69, 9.17) is 4.74 Å². The molecule has 2 aliphatic rings. The van der Waals surface area contributed by atoms with E-state index >= 15 is 0 Å². The van der Waals surface area contributed by atoms with E-state index in [1.165, 1.54) is 6.92 Å². The van der Waals surface area contributed by atoms with Crippen molar-refractivity contribution in [3.63, 3.8) is 0 Å². The molecule has 5 nitrogen and oxygen atoms in total. The first kappa shape index (κ1) is 14.0. The molecule has 2 saturated heterocycles. The van der Waals surface area contributed by atoms with Crippen LogP contribution in [0.3, 0.4) is 0 Å². The summed E-state index contributed by atoms with van der Waals surface area (Å²) in [5.74, 6) is 1.78. The van der Waals surface area contributed by atoms with Crippen LogP contribution in [0.1, 0.15) is 13.3 Å². The Bertz CT molecular complexity index is 597. The third kappa shape index (κ3) is 3.21. The number of benzene rings is 1. The Kier molecular flexibility index (Phi) is 3.88. The first-order valence-electron chi connectivity index (χ1n) is 6.77. The molecule has 1 aromatic carbocycles. The molecule has 110 valence electrons. The number of nitrogens with one attached hydrogen (secondary N) is 1. The number of carbonyl (C=O) groups is 2. The highest BCUT2D eigenvalue weighted by Gasteiger charge is 2.43. The second kappa shape index (κ2) is 5.81. The van der Waals surface area contributed by atoms with Gasteiger partial charge in [-0.1, -0.05) is 0 Å². The van der Waals surface area contributed by atoms with E-state index in [0.717, 1.165) is 22.1 Å². The SMILES string of the molecule is CC(=O)Nc1ccc(SC/C=C2/CN3C(=O)C[C@H]3O2)cc1. The van der Waals surface area contributed by atoms with Gasteiger partial charge >= 0.3 is 0 Å². The highest BCUT2D eigenvalue weighted by atomic mass is 32.2. The van der Waals surface area contributed by atoms with Gasteiger partial charge in [0.05, 0.1) is 13.0 Å². The Balaban J connectivity index is 1.49. The molecule has 0 radical (unpaired) electrons. The molecule has 2 aliphatic heterocycles. The van der Waals surface area contributed by atoms with Gasteiger partial charge in [-0.15, -0.1) is 11.8 Å². The fraction of sp³-hybridized carbons (Fsp3) is 0.333. The van der Waals surface area contributed by atoms with Crippen LogP contribution in [-0.4, -0.2) is 35.2 Å². The van der Waals surface area contributed by atoms with E-state index in [9.17, 15) is 9.59 Å². The molecular formula is C15H16N2O3S. The fourth-order valence-corrected chi connectivity index (χ4v) is 3.07. The normalized spacial score (nSPS) is 21.8. The lowest BCUT2D eigenvalue weighted by Gasteiger charge is -2.30. The number of rotatable bonds is 4. The summed E-state index contributed by atoms with van der Waals surface area (Å²) in [7, 11) is 0. The summed E-state index contributed by atoms with van der Waals surface area (Å²) in [6, 6.07) is 7.71. The van der Waals surface area contributed by atoms with Gasteiger partial charge in [-0.2, -0.15) is 0 Å². The summed E-state index contributed by atoms with van der Waals surface area (Å²) < 4.78 is 5.64. The summed E-state index contributed by atoms with van der Waals surface area (Å²) in [6.07, 6.45) is 2.51. The highest BCUT2D eigenvalue weighted by molar-refractivity contribution is 7.99. The van der Waals surface area contributed by atoms with Crippen LogP contribution in [0.5, 0.6) is 0 Å². The molecule has 1 aromatic rings. The van der Waals surface area contributed by atoms with Crippen LogP contribution >= 0.6 is 11.8 Å². The third-order valence-electron chi connectivity index (χ3n) is 3.37. The highest BCUT2D eigenvalue weighted by Crippen LogP contribution is 2.31. The van der Waals surface area contributed by atoms with Crippen LogP contribution in [0.2, 0.25) is 0 Å². The van der Waals surface area contributed by atoms with Gasteiger partial charge in [-0.05, 0) is 30.3 Å². The van der Waals surface area contributed by atoms with E-state index in [2.05, 4.69) is 5.32 Å². The summed E-state index contributed by atoms with van der Waals surface area (Å²) in [5.41, 5.74) is 0.798. The van der Waals surface area contributed by atoms with Crippen LogP contribution in [-0.2, 0) is 14.3 Å². The molecule has 21 heavy (non-hydrogen) atoms. The maximum Gasteiger partial charge on any atom is 0.231 e. The molecule has 1 N–H and O–H groups in total. The zero-order chi connectivity index (χ0) is 14.8. The number of fused-ring (bicyclic) bond motifs is 1. The summed E-state index contributed by atoms with van der Waals surface area (Å²) in [4.78, 5) is 25.0. The molecule has 2 heterocycles. The van der Waals surface area contributed by atoms with Gasteiger partial charge in [0.1, 0.15) is 5.76 Å². The number of hydrogen-bond donors (Lipinski definition) is 1. The van der Waals surface area contributed by atoms with Crippen molar-refractivity contribution in [2.45, 2.75) is 24.5 Å². The average Bonchev–Trinajstić information content (AvgIpc) is 2.77. The maximum absolute atomic E-state index is 11.2. The minimum Gasteiger partial charge on any atom is -0.473 e. The average molecular weight is 304 g/mol. The second-order valence-corrected chi connectivity index (χ2v) is 6.08. The summed E-state index contributed by atoms with van der Waals surface area (Å²) in [6.45, 7) is 2.09. The molecule has 0 bridgehead atoms. The van der Waals surface area contributed by atoms with E-state index < -0.39 is 0 Å². The number of amides is 2. The molecule has 3 rings (SSSR count). The van der Waals surface area contributed by atoms with Gasteiger partial charge in [0.2, 0.25) is 11.8 Å². The first-order chi connectivity index (χ1) is 10.1. The molecule has 2 fully saturated rings. The van der Waals surface area contributed by atoms with Crippen molar-refractivity contribution >= 4 is 29.3 Å². The van der Waals surface area contributed by atoms with Crippen molar-refractivity contribution in [1.29, 1.82) is 0 Å². The number of thioether (sulfide) groups is 1. The van der Waals surface area contributed by atoms with Crippen LogP contribution in [0, 0.1) is 0 Å². The maximum atomic E-state index is 11.2. The number of carbonyl (C=O) groups excluding carboxylic acids is 2. The van der Waals surface area contributed by atoms with Crippen LogP contribution in [0.15, 0.2) is 41.0 Å². The number of anilines is 1. The minimum atomic E-state index is -0.0716. The van der Waals surface area contributed by atoms with Gasteiger partial charge in [0, 0.05) is 23.3 Å². The fourth-order valence-electron chi connectivity index (χ4n) is 2.28. The largest absolute Gasteiger partial charge is 0.473 e. The Hall–Kier alpha value is -1.95. The van der Waals surface area contributed by atoms with E-state index in [1.807, 2.05) is 30.3 Å². The molecular weight excluding hydrogens is 288 g/mol. The lowest BCUT2D eigenvalue weighted by Crippen LogP contribution is -2.48. The standard InChI is InChI=1S/C15H16N2O3S/c1-10(18)16-11-2-4-13(5-3-11)21-7-6-12-9-17-14(19)8-15(17)20-12/h2-6,15H,7-9H2,1H3,(H,16,18)/b12-6-/t15-/m1/s1. The Morgan fingerprint density at radius 2 is 2.24 bits per heavy atom. The number of nitrogens with zero attached hydrogens (tertiary/aromatic N) is 1. The van der Waals surface area contributed by atoms with Crippen LogP contribution in [0.4, 0.5) is 5.69 Å². The molecule has 1 atom stereocenters. The molecule has 2 amide bonds. The van der Waals surface area contributed by atoms with Crippen molar-refractivity contribution in [2.24, 2.45) is 0 Å². The predicted octanol–water partition coefficient (Wildman–Crippen LogP) is 2.21. The third-order valence-corrected chi connectivity index (χ3v) is 4.31. The number of ether oxygens (including phenoxy) is 1. The van der Waals surface area contributed by atoms with E-state index in [1.54, 1.807) is 16.7 Å². The Morgan fingerprint density at radius 1 is 1.48 bits per heavy atom. The number of β-lactam (4-membered cyclic amide) rings is 1. The van der Waals surface area contributed by atoms with Gasteiger partial charge in [0.15, 0.2) is 6.23 Å². The first-order valence-corrected chi connectivity index (χ1v) is 7.76. The second-order valence-electron chi connectivity index (χ2n) is 4.99. The van der Waals surface area contributed by atoms with Gasteiger partial charge < -0.3 is 10.1 Å². The molecule has 0 aliphatic carbocycles. The van der Waals surface area contributed by atoms with Crippen molar-refractivity contribution in [3.8, 4) is 0 Å². The van der Waals surface area contributed by atoms with E-state index in [0.29, 0.717) is 13.0 Å². The van der Waals surface area contributed by atoms with E-state index in [-0.39, 0.29) is 18.0 Å². The van der Waals surface area contributed by atoms with Gasteiger partial charge in [-0.25, -0.2) is 0 Å². The van der Waals surface area contributed by atoms with Crippen molar-refractivity contribution in [1.82, 2.24) is 4.90 Å².